The van der Waals surface area contributed by atoms with Gasteiger partial charge in [0.1, 0.15) is 6.54 Å². The van der Waals surface area contributed by atoms with Crippen molar-refractivity contribution >= 4 is 16.2 Å². The molecule has 0 atom stereocenters. The number of rotatable bonds is 6. The maximum Gasteiger partial charge on any atom is 0.318 e. The Hall–Kier alpha value is -0.920. The van der Waals surface area contributed by atoms with Crippen LogP contribution >= 0.6 is 0 Å². The second kappa shape index (κ2) is 5.42. The van der Waals surface area contributed by atoms with Crippen molar-refractivity contribution in [3.63, 3.8) is 0 Å². The van der Waals surface area contributed by atoms with Crippen molar-refractivity contribution < 1.29 is 18.3 Å². The van der Waals surface area contributed by atoms with Crippen LogP contribution in [0.2, 0.25) is 0 Å². The summed E-state index contributed by atoms with van der Waals surface area (Å²) in [4.78, 5) is 10.5. The number of nitrogens with zero attached hydrogens (tertiary/aromatic N) is 1. The van der Waals surface area contributed by atoms with Crippen molar-refractivity contribution in [1.29, 1.82) is 0 Å². The molecule has 6 nitrogen and oxygen atoms in total. The molecule has 0 aliphatic carbocycles. The van der Waals surface area contributed by atoms with Crippen LogP contribution in [0, 0.1) is 0 Å². The summed E-state index contributed by atoms with van der Waals surface area (Å²) in [5.74, 6) is -1.21. The molecule has 0 aromatic carbocycles. The van der Waals surface area contributed by atoms with E-state index in [0.717, 1.165) is 4.31 Å². The van der Waals surface area contributed by atoms with Gasteiger partial charge in [-0.3, -0.25) is 4.79 Å². The molecule has 0 aromatic rings. The van der Waals surface area contributed by atoms with Crippen molar-refractivity contribution in [3.05, 3.63) is 12.7 Å². The molecule has 0 aliphatic heterocycles. The first-order chi connectivity index (χ1) is 7.08. The lowest BCUT2D eigenvalue weighted by molar-refractivity contribution is -0.137. The van der Waals surface area contributed by atoms with E-state index in [1.165, 1.54) is 6.08 Å². The first-order valence-corrected chi connectivity index (χ1v) is 6.14. The highest BCUT2D eigenvalue weighted by atomic mass is 32.2. The van der Waals surface area contributed by atoms with Gasteiger partial charge in [0.25, 0.3) is 10.2 Å². The number of carboxylic acids is 1. The predicted molar refractivity (Wildman–Crippen MR) is 61.2 cm³/mol. The molecule has 0 saturated heterocycles. The highest BCUT2D eigenvalue weighted by molar-refractivity contribution is 7.87. The van der Waals surface area contributed by atoms with E-state index in [0.29, 0.717) is 0 Å². The number of nitrogens with one attached hydrogen (secondary N) is 1. The van der Waals surface area contributed by atoms with Crippen LogP contribution in [0.15, 0.2) is 12.7 Å². The van der Waals surface area contributed by atoms with Gasteiger partial charge in [-0.15, -0.1) is 6.58 Å². The molecule has 0 rings (SSSR count). The van der Waals surface area contributed by atoms with E-state index < -0.39 is 28.3 Å². The second-order valence-corrected chi connectivity index (χ2v) is 6.00. The van der Waals surface area contributed by atoms with Gasteiger partial charge in [0.2, 0.25) is 0 Å². The van der Waals surface area contributed by atoms with Crippen LogP contribution in [0.1, 0.15) is 20.8 Å². The molecule has 7 heteroatoms. The summed E-state index contributed by atoms with van der Waals surface area (Å²) in [7, 11) is -3.81. The van der Waals surface area contributed by atoms with Gasteiger partial charge in [-0.1, -0.05) is 6.08 Å². The Balaban J connectivity index is 4.89. The summed E-state index contributed by atoms with van der Waals surface area (Å²) < 4.78 is 26.7. The van der Waals surface area contributed by atoms with Gasteiger partial charge >= 0.3 is 5.97 Å². The summed E-state index contributed by atoms with van der Waals surface area (Å²) in [5.41, 5.74) is -0.656. The minimum absolute atomic E-state index is 0.0439. The third-order valence-electron chi connectivity index (χ3n) is 1.42. The van der Waals surface area contributed by atoms with Crippen molar-refractivity contribution in [2.24, 2.45) is 0 Å². The number of carboxylic acid groups (broad SMARTS) is 1. The average Bonchev–Trinajstić information content (AvgIpc) is 1.97. The van der Waals surface area contributed by atoms with Gasteiger partial charge in [0.15, 0.2) is 0 Å². The number of hydrogen-bond donors (Lipinski definition) is 2. The maximum absolute atomic E-state index is 11.8. The fourth-order valence-corrected chi connectivity index (χ4v) is 2.48. The molecule has 0 fully saturated rings. The Morgan fingerprint density at radius 3 is 2.31 bits per heavy atom. The zero-order chi connectivity index (χ0) is 13.0. The van der Waals surface area contributed by atoms with Gasteiger partial charge in [-0.25, -0.2) is 0 Å². The predicted octanol–water partition coefficient (Wildman–Crippen LogP) is 0.192. The Bertz CT molecular complexity index is 356. The van der Waals surface area contributed by atoms with E-state index in [9.17, 15) is 13.2 Å². The maximum atomic E-state index is 11.8. The van der Waals surface area contributed by atoms with Crippen molar-refractivity contribution in [2.45, 2.75) is 26.3 Å². The molecule has 0 amide bonds. The normalized spacial score (nSPS) is 12.8. The topological polar surface area (TPSA) is 86.7 Å². The van der Waals surface area contributed by atoms with Crippen LogP contribution in [0.4, 0.5) is 0 Å². The number of aliphatic carboxylic acids is 1. The van der Waals surface area contributed by atoms with Crippen LogP contribution in [-0.2, 0) is 15.0 Å². The largest absolute Gasteiger partial charge is 0.480 e. The minimum atomic E-state index is -3.81. The number of hydrogen-bond acceptors (Lipinski definition) is 3. The summed E-state index contributed by atoms with van der Waals surface area (Å²) in [6.45, 7) is 7.80. The molecule has 0 bridgehead atoms. The molecule has 2 N–H and O–H groups in total. The van der Waals surface area contributed by atoms with E-state index in [1.807, 2.05) is 0 Å². The van der Waals surface area contributed by atoms with Gasteiger partial charge in [0.05, 0.1) is 0 Å². The highest BCUT2D eigenvalue weighted by Gasteiger charge is 2.27. The van der Waals surface area contributed by atoms with Crippen LogP contribution in [0.3, 0.4) is 0 Å². The first kappa shape index (κ1) is 15.1. The molecular weight excluding hydrogens is 232 g/mol. The van der Waals surface area contributed by atoms with Crippen LogP contribution in [-0.4, -0.2) is 42.4 Å². The van der Waals surface area contributed by atoms with Gasteiger partial charge < -0.3 is 5.11 Å². The zero-order valence-corrected chi connectivity index (χ0v) is 10.5. The number of carbonyl (C=O) groups is 1. The second-order valence-electron chi connectivity index (χ2n) is 4.33. The average molecular weight is 250 g/mol. The Kier molecular flexibility index (Phi) is 5.11. The smallest absolute Gasteiger partial charge is 0.318 e. The summed E-state index contributed by atoms with van der Waals surface area (Å²) in [6, 6.07) is 0. The van der Waals surface area contributed by atoms with Gasteiger partial charge in [0, 0.05) is 12.1 Å². The van der Waals surface area contributed by atoms with Crippen molar-refractivity contribution in [3.8, 4) is 0 Å². The fraction of sp³-hybridized carbons (Fsp3) is 0.667. The quantitative estimate of drug-likeness (QED) is 0.659. The Morgan fingerprint density at radius 2 is 2.00 bits per heavy atom. The summed E-state index contributed by atoms with van der Waals surface area (Å²) in [5, 5.41) is 8.60. The molecule has 0 saturated carbocycles. The SMILES string of the molecule is C=CCN(CC(=O)O)S(=O)(=O)NC(C)(C)C. The monoisotopic (exact) mass is 250 g/mol. The zero-order valence-electron chi connectivity index (χ0n) is 9.73. The fourth-order valence-electron chi connectivity index (χ4n) is 0.994. The van der Waals surface area contributed by atoms with Crippen LogP contribution in [0.25, 0.3) is 0 Å². The third-order valence-corrected chi connectivity index (χ3v) is 3.25. The molecule has 94 valence electrons. The standard InChI is InChI=1S/C9H18N2O4S/c1-5-6-11(7-8(12)13)16(14,15)10-9(2,3)4/h5,10H,1,6-7H2,2-4H3,(H,12,13). The van der Waals surface area contributed by atoms with E-state index in [-0.39, 0.29) is 6.54 Å². The molecule has 16 heavy (non-hydrogen) atoms. The lowest BCUT2D eigenvalue weighted by atomic mass is 10.1. The van der Waals surface area contributed by atoms with E-state index in [2.05, 4.69) is 11.3 Å². The summed E-state index contributed by atoms with van der Waals surface area (Å²) in [6.07, 6.45) is 1.34. The molecule has 0 aliphatic rings. The Morgan fingerprint density at radius 1 is 1.50 bits per heavy atom. The molecule has 0 radical (unpaired) electrons. The molecular formula is C9H18N2O4S. The van der Waals surface area contributed by atoms with E-state index in [1.54, 1.807) is 20.8 Å². The van der Waals surface area contributed by atoms with E-state index >= 15 is 0 Å². The molecule has 0 unspecified atom stereocenters. The van der Waals surface area contributed by atoms with Gasteiger partial charge in [-0.2, -0.15) is 17.4 Å². The molecule has 0 heterocycles. The van der Waals surface area contributed by atoms with Crippen molar-refractivity contribution in [2.75, 3.05) is 13.1 Å². The van der Waals surface area contributed by atoms with Crippen LogP contribution < -0.4 is 4.72 Å². The van der Waals surface area contributed by atoms with Gasteiger partial charge in [-0.05, 0) is 20.8 Å². The molecule has 0 spiro atoms. The summed E-state index contributed by atoms with van der Waals surface area (Å²) >= 11 is 0. The van der Waals surface area contributed by atoms with Crippen LogP contribution in [0.5, 0.6) is 0 Å². The third kappa shape index (κ3) is 5.84. The lowest BCUT2D eigenvalue weighted by Gasteiger charge is -2.26. The lowest BCUT2D eigenvalue weighted by Crippen LogP contribution is -2.50. The Labute approximate surface area is 96.1 Å². The minimum Gasteiger partial charge on any atom is -0.480 e. The van der Waals surface area contributed by atoms with E-state index in [4.69, 9.17) is 5.11 Å². The molecule has 0 aromatic heterocycles. The highest BCUT2D eigenvalue weighted by Crippen LogP contribution is 2.06. The first-order valence-electron chi connectivity index (χ1n) is 4.70. The van der Waals surface area contributed by atoms with Crippen molar-refractivity contribution in [1.82, 2.24) is 9.03 Å².